The molecule has 0 saturated carbocycles. The van der Waals surface area contributed by atoms with Crippen LogP contribution in [0.15, 0.2) is 24.3 Å². The van der Waals surface area contributed by atoms with Gasteiger partial charge in [-0.15, -0.1) is 0 Å². The molecule has 0 amide bonds. The number of hydrogen-bond donors (Lipinski definition) is 1. The minimum Gasteiger partial charge on any atom is -0.314 e. The molecule has 0 spiro atoms. The van der Waals surface area contributed by atoms with E-state index in [4.69, 9.17) is 0 Å². The van der Waals surface area contributed by atoms with Gasteiger partial charge < -0.3 is 5.32 Å². The molecule has 1 rings (SSSR count). The van der Waals surface area contributed by atoms with Crippen molar-refractivity contribution in [2.75, 3.05) is 6.54 Å². The first-order valence-corrected chi connectivity index (χ1v) is 5.55. The Morgan fingerprint density at radius 2 is 1.73 bits per heavy atom. The van der Waals surface area contributed by atoms with E-state index >= 15 is 0 Å². The van der Waals surface area contributed by atoms with Gasteiger partial charge in [0.25, 0.3) is 0 Å². The molecular weight excluding hydrogens is 189 g/mol. The third kappa shape index (κ3) is 4.93. The fraction of sp³-hybridized carbons (Fsp3) is 0.538. The Labute approximate surface area is 91.7 Å². The summed E-state index contributed by atoms with van der Waals surface area (Å²) in [6, 6.07) is 7.18. The molecule has 0 saturated heterocycles. The second kappa shape index (κ2) is 5.86. The zero-order chi connectivity index (χ0) is 11.3. The van der Waals surface area contributed by atoms with Crippen molar-refractivity contribution in [1.82, 2.24) is 5.32 Å². The molecule has 0 radical (unpaired) electrons. The Bertz CT molecular complexity index is 279. The highest BCUT2D eigenvalue weighted by molar-refractivity contribution is 5.16. The van der Waals surface area contributed by atoms with Crippen LogP contribution in [0.25, 0.3) is 0 Å². The summed E-state index contributed by atoms with van der Waals surface area (Å²) in [5.41, 5.74) is 1.18. The second-order valence-corrected chi connectivity index (χ2v) is 4.53. The van der Waals surface area contributed by atoms with Gasteiger partial charge >= 0.3 is 0 Å². The standard InChI is InChI=1S/C13H20FN/c1-10(2)9-15-11(3)8-12-4-6-13(14)7-5-12/h4-7,10-11,15H,8-9H2,1-3H3. The molecule has 1 aromatic rings. The lowest BCUT2D eigenvalue weighted by molar-refractivity contribution is 0.482. The first-order chi connectivity index (χ1) is 7.08. The fourth-order valence-electron chi connectivity index (χ4n) is 1.48. The zero-order valence-electron chi connectivity index (χ0n) is 9.76. The minimum absolute atomic E-state index is 0.165. The predicted octanol–water partition coefficient (Wildman–Crippen LogP) is 3.00. The van der Waals surface area contributed by atoms with Crippen molar-refractivity contribution in [1.29, 1.82) is 0 Å². The monoisotopic (exact) mass is 209 g/mol. The van der Waals surface area contributed by atoms with Crippen molar-refractivity contribution in [2.24, 2.45) is 5.92 Å². The first-order valence-electron chi connectivity index (χ1n) is 5.55. The van der Waals surface area contributed by atoms with E-state index in [-0.39, 0.29) is 5.82 Å². The summed E-state index contributed by atoms with van der Waals surface area (Å²) in [6.45, 7) is 7.57. The van der Waals surface area contributed by atoms with Crippen molar-refractivity contribution < 1.29 is 4.39 Å². The molecule has 15 heavy (non-hydrogen) atoms. The molecule has 0 aliphatic rings. The predicted molar refractivity (Wildman–Crippen MR) is 62.4 cm³/mol. The van der Waals surface area contributed by atoms with Crippen molar-refractivity contribution in [3.8, 4) is 0 Å². The average molecular weight is 209 g/mol. The minimum atomic E-state index is -0.165. The van der Waals surface area contributed by atoms with Gasteiger partial charge in [0.1, 0.15) is 5.82 Å². The smallest absolute Gasteiger partial charge is 0.123 e. The number of benzene rings is 1. The van der Waals surface area contributed by atoms with Crippen LogP contribution in [0.5, 0.6) is 0 Å². The van der Waals surface area contributed by atoms with Gasteiger partial charge in [-0.05, 0) is 43.5 Å². The Morgan fingerprint density at radius 1 is 1.13 bits per heavy atom. The molecular formula is C13H20FN. The zero-order valence-corrected chi connectivity index (χ0v) is 9.76. The van der Waals surface area contributed by atoms with Gasteiger partial charge in [0.15, 0.2) is 0 Å². The number of rotatable bonds is 5. The molecule has 0 fully saturated rings. The van der Waals surface area contributed by atoms with Crippen LogP contribution in [-0.4, -0.2) is 12.6 Å². The summed E-state index contributed by atoms with van der Waals surface area (Å²) >= 11 is 0. The van der Waals surface area contributed by atoms with E-state index < -0.39 is 0 Å². The van der Waals surface area contributed by atoms with Crippen molar-refractivity contribution in [2.45, 2.75) is 33.2 Å². The van der Waals surface area contributed by atoms with Crippen molar-refractivity contribution >= 4 is 0 Å². The summed E-state index contributed by atoms with van der Waals surface area (Å²) in [6.07, 6.45) is 0.951. The van der Waals surface area contributed by atoms with Crippen molar-refractivity contribution in [3.05, 3.63) is 35.6 Å². The van der Waals surface area contributed by atoms with Crippen LogP contribution in [0.2, 0.25) is 0 Å². The molecule has 1 nitrogen and oxygen atoms in total. The van der Waals surface area contributed by atoms with Crippen molar-refractivity contribution in [3.63, 3.8) is 0 Å². The Morgan fingerprint density at radius 3 is 2.27 bits per heavy atom. The number of halogens is 1. The largest absolute Gasteiger partial charge is 0.314 e. The van der Waals surface area contributed by atoms with E-state index in [9.17, 15) is 4.39 Å². The molecule has 1 atom stereocenters. The van der Waals surface area contributed by atoms with Gasteiger partial charge in [0, 0.05) is 6.04 Å². The summed E-state index contributed by atoms with van der Waals surface area (Å²) < 4.78 is 12.7. The first kappa shape index (κ1) is 12.2. The summed E-state index contributed by atoms with van der Waals surface area (Å²) in [4.78, 5) is 0. The Balaban J connectivity index is 2.37. The van der Waals surface area contributed by atoms with Gasteiger partial charge in [-0.3, -0.25) is 0 Å². The summed E-state index contributed by atoms with van der Waals surface area (Å²) in [7, 11) is 0. The van der Waals surface area contributed by atoms with E-state index in [0.717, 1.165) is 13.0 Å². The van der Waals surface area contributed by atoms with Crippen LogP contribution in [0.4, 0.5) is 4.39 Å². The maximum Gasteiger partial charge on any atom is 0.123 e. The third-order valence-corrected chi connectivity index (χ3v) is 2.33. The molecule has 0 heterocycles. The number of nitrogens with one attached hydrogen (secondary N) is 1. The summed E-state index contributed by atoms with van der Waals surface area (Å²) in [5.74, 6) is 0.502. The van der Waals surface area contributed by atoms with Gasteiger partial charge in [0.05, 0.1) is 0 Å². The van der Waals surface area contributed by atoms with Crippen LogP contribution < -0.4 is 5.32 Å². The van der Waals surface area contributed by atoms with Gasteiger partial charge in [-0.25, -0.2) is 4.39 Å². The highest BCUT2D eigenvalue weighted by Gasteiger charge is 2.03. The molecule has 0 aliphatic carbocycles. The maximum absolute atomic E-state index is 12.7. The van der Waals surface area contributed by atoms with Crippen LogP contribution in [0.1, 0.15) is 26.3 Å². The Kier molecular flexibility index (Phi) is 4.76. The second-order valence-electron chi connectivity index (χ2n) is 4.53. The molecule has 0 bridgehead atoms. The molecule has 0 aromatic heterocycles. The molecule has 1 aromatic carbocycles. The number of hydrogen-bond acceptors (Lipinski definition) is 1. The molecule has 84 valence electrons. The van der Waals surface area contributed by atoms with Gasteiger partial charge in [-0.1, -0.05) is 26.0 Å². The molecule has 0 aliphatic heterocycles. The molecule has 2 heteroatoms. The quantitative estimate of drug-likeness (QED) is 0.786. The maximum atomic E-state index is 12.7. The average Bonchev–Trinajstić information content (AvgIpc) is 2.19. The molecule has 1 unspecified atom stereocenters. The van der Waals surface area contributed by atoms with E-state index in [1.54, 1.807) is 0 Å². The lowest BCUT2D eigenvalue weighted by Crippen LogP contribution is -2.31. The highest BCUT2D eigenvalue weighted by Crippen LogP contribution is 2.05. The normalized spacial score (nSPS) is 13.1. The highest BCUT2D eigenvalue weighted by atomic mass is 19.1. The topological polar surface area (TPSA) is 12.0 Å². The van der Waals surface area contributed by atoms with Gasteiger partial charge in [0.2, 0.25) is 0 Å². The van der Waals surface area contributed by atoms with E-state index in [0.29, 0.717) is 12.0 Å². The lowest BCUT2D eigenvalue weighted by Gasteiger charge is -2.15. The van der Waals surface area contributed by atoms with Gasteiger partial charge in [-0.2, -0.15) is 0 Å². The molecule has 1 N–H and O–H groups in total. The van der Waals surface area contributed by atoms with E-state index in [2.05, 4.69) is 26.1 Å². The van der Waals surface area contributed by atoms with Crippen LogP contribution >= 0.6 is 0 Å². The third-order valence-electron chi connectivity index (χ3n) is 2.33. The SMILES string of the molecule is CC(C)CNC(C)Cc1ccc(F)cc1. The van der Waals surface area contributed by atoms with E-state index in [1.807, 2.05) is 12.1 Å². The van der Waals surface area contributed by atoms with Crippen LogP contribution in [0, 0.1) is 11.7 Å². The lowest BCUT2D eigenvalue weighted by atomic mass is 10.1. The van der Waals surface area contributed by atoms with E-state index in [1.165, 1.54) is 17.7 Å². The fourth-order valence-corrected chi connectivity index (χ4v) is 1.48. The summed E-state index contributed by atoms with van der Waals surface area (Å²) in [5, 5.41) is 3.45. The van der Waals surface area contributed by atoms with Crippen LogP contribution in [-0.2, 0) is 6.42 Å². The van der Waals surface area contributed by atoms with Crippen LogP contribution in [0.3, 0.4) is 0 Å². The Hall–Kier alpha value is -0.890.